The van der Waals surface area contributed by atoms with Gasteiger partial charge in [-0.1, -0.05) is 12.1 Å². The van der Waals surface area contributed by atoms with Crippen molar-refractivity contribution in [2.24, 2.45) is 5.73 Å². The van der Waals surface area contributed by atoms with E-state index in [0.717, 1.165) is 3.57 Å². The zero-order valence-electron chi connectivity index (χ0n) is 7.50. The molecule has 0 bridgehead atoms. The SMILES string of the molecule is N[C@H](c1ccc(I)cc1)[C@@H](O)C(F)(F)F. The van der Waals surface area contributed by atoms with Crippen LogP contribution in [0.3, 0.4) is 0 Å². The Balaban J connectivity index is 2.85. The van der Waals surface area contributed by atoms with Crippen molar-refractivity contribution in [2.45, 2.75) is 18.3 Å². The summed E-state index contributed by atoms with van der Waals surface area (Å²) in [5.74, 6) is 0. The number of rotatable bonds is 2. The van der Waals surface area contributed by atoms with Crippen LogP contribution in [0.4, 0.5) is 13.2 Å². The van der Waals surface area contributed by atoms with Gasteiger partial charge < -0.3 is 10.8 Å². The monoisotopic (exact) mass is 331 g/mol. The summed E-state index contributed by atoms with van der Waals surface area (Å²) in [6.45, 7) is 0. The molecule has 1 rings (SSSR count). The molecule has 1 aromatic carbocycles. The minimum atomic E-state index is -4.69. The number of benzene rings is 1. The minimum Gasteiger partial charge on any atom is -0.382 e. The summed E-state index contributed by atoms with van der Waals surface area (Å²) in [7, 11) is 0. The fraction of sp³-hybridized carbons (Fsp3) is 0.333. The third-order valence-electron chi connectivity index (χ3n) is 1.93. The molecule has 3 N–H and O–H groups in total. The van der Waals surface area contributed by atoms with Gasteiger partial charge in [-0.2, -0.15) is 13.2 Å². The fourth-order valence-corrected chi connectivity index (χ4v) is 1.43. The Morgan fingerprint density at radius 3 is 2.07 bits per heavy atom. The predicted molar refractivity (Wildman–Crippen MR) is 58.1 cm³/mol. The summed E-state index contributed by atoms with van der Waals surface area (Å²) in [6, 6.07) is 4.78. The van der Waals surface area contributed by atoms with Gasteiger partial charge in [-0.3, -0.25) is 0 Å². The van der Waals surface area contributed by atoms with Gasteiger partial charge in [0, 0.05) is 3.57 Å². The predicted octanol–water partition coefficient (Wildman–Crippen LogP) is 2.21. The van der Waals surface area contributed by atoms with Crippen LogP contribution < -0.4 is 5.73 Å². The van der Waals surface area contributed by atoms with Crippen LogP contribution in [0.25, 0.3) is 0 Å². The van der Waals surface area contributed by atoms with Crippen molar-refractivity contribution in [1.29, 1.82) is 0 Å². The molecule has 0 aliphatic carbocycles. The maximum absolute atomic E-state index is 12.1. The summed E-state index contributed by atoms with van der Waals surface area (Å²) in [5, 5.41) is 8.93. The van der Waals surface area contributed by atoms with Crippen LogP contribution in [0, 0.1) is 3.57 Å². The lowest BCUT2D eigenvalue weighted by Crippen LogP contribution is -2.38. The van der Waals surface area contributed by atoms with Crippen LogP contribution in [0.1, 0.15) is 11.6 Å². The first kappa shape index (κ1) is 12.7. The Labute approximate surface area is 98.4 Å². The number of alkyl halides is 3. The van der Waals surface area contributed by atoms with E-state index in [-0.39, 0.29) is 5.56 Å². The zero-order valence-corrected chi connectivity index (χ0v) is 9.66. The molecule has 0 aromatic heterocycles. The molecule has 1 aromatic rings. The third kappa shape index (κ3) is 3.32. The molecule has 15 heavy (non-hydrogen) atoms. The molecule has 0 fully saturated rings. The smallest absolute Gasteiger partial charge is 0.382 e. The number of halogens is 4. The maximum atomic E-state index is 12.1. The molecule has 0 aliphatic rings. The summed E-state index contributed by atoms with van der Waals surface area (Å²) in [6.07, 6.45) is -7.22. The van der Waals surface area contributed by atoms with Crippen LogP contribution in [-0.4, -0.2) is 17.4 Å². The van der Waals surface area contributed by atoms with Gasteiger partial charge in [-0.05, 0) is 40.3 Å². The van der Waals surface area contributed by atoms with E-state index in [4.69, 9.17) is 10.8 Å². The second-order valence-corrected chi connectivity index (χ2v) is 4.31. The number of hydrogen-bond acceptors (Lipinski definition) is 2. The molecule has 2 nitrogen and oxygen atoms in total. The van der Waals surface area contributed by atoms with E-state index < -0.39 is 18.3 Å². The van der Waals surface area contributed by atoms with Crippen molar-refractivity contribution in [3.63, 3.8) is 0 Å². The quantitative estimate of drug-likeness (QED) is 0.817. The van der Waals surface area contributed by atoms with E-state index in [9.17, 15) is 13.2 Å². The van der Waals surface area contributed by atoms with E-state index >= 15 is 0 Å². The van der Waals surface area contributed by atoms with E-state index in [1.54, 1.807) is 12.1 Å². The van der Waals surface area contributed by atoms with Gasteiger partial charge >= 0.3 is 6.18 Å². The molecule has 0 unspecified atom stereocenters. The van der Waals surface area contributed by atoms with Gasteiger partial charge in [-0.15, -0.1) is 0 Å². The molecule has 0 spiro atoms. The lowest BCUT2D eigenvalue weighted by molar-refractivity contribution is -0.210. The highest BCUT2D eigenvalue weighted by Crippen LogP contribution is 2.28. The standard InChI is InChI=1S/C9H9F3INO/c10-9(11,12)8(15)7(14)5-1-3-6(13)4-2-5/h1-4,7-8,15H,14H2/t7-,8-/m1/s1. The Kier molecular flexibility index (Phi) is 3.96. The van der Waals surface area contributed by atoms with Crippen molar-refractivity contribution in [1.82, 2.24) is 0 Å². The maximum Gasteiger partial charge on any atom is 0.416 e. The van der Waals surface area contributed by atoms with Gasteiger partial charge in [0.25, 0.3) is 0 Å². The molecule has 0 aliphatic heterocycles. The van der Waals surface area contributed by atoms with Crippen molar-refractivity contribution in [3.8, 4) is 0 Å². The zero-order chi connectivity index (χ0) is 11.6. The fourth-order valence-electron chi connectivity index (χ4n) is 1.07. The second-order valence-electron chi connectivity index (χ2n) is 3.06. The van der Waals surface area contributed by atoms with Crippen LogP contribution in [-0.2, 0) is 0 Å². The first-order valence-corrected chi connectivity index (χ1v) is 5.16. The normalized spacial score (nSPS) is 16.1. The summed E-state index contributed by atoms with van der Waals surface area (Å²) >= 11 is 2.03. The van der Waals surface area contributed by atoms with E-state index in [1.807, 2.05) is 22.6 Å². The van der Waals surface area contributed by atoms with Crippen LogP contribution in [0.5, 0.6) is 0 Å². The first-order chi connectivity index (χ1) is 6.82. The highest BCUT2D eigenvalue weighted by Gasteiger charge is 2.42. The Morgan fingerprint density at radius 2 is 1.67 bits per heavy atom. The second kappa shape index (κ2) is 4.67. The van der Waals surface area contributed by atoms with Crippen molar-refractivity contribution >= 4 is 22.6 Å². The average molecular weight is 331 g/mol. The molecule has 2 atom stereocenters. The first-order valence-electron chi connectivity index (χ1n) is 4.08. The Morgan fingerprint density at radius 1 is 1.20 bits per heavy atom. The number of nitrogens with two attached hydrogens (primary N) is 1. The Bertz CT molecular complexity index is 325. The number of aliphatic hydroxyl groups is 1. The number of hydrogen-bond donors (Lipinski definition) is 2. The highest BCUT2D eigenvalue weighted by atomic mass is 127. The molecule has 6 heteroatoms. The molecule has 0 amide bonds. The van der Waals surface area contributed by atoms with Gasteiger partial charge in [0.15, 0.2) is 6.10 Å². The van der Waals surface area contributed by atoms with Gasteiger partial charge in [0.2, 0.25) is 0 Å². The molecular formula is C9H9F3INO. The molecule has 0 saturated carbocycles. The molecule has 0 radical (unpaired) electrons. The third-order valence-corrected chi connectivity index (χ3v) is 2.65. The topological polar surface area (TPSA) is 46.2 Å². The Hall–Kier alpha value is -0.340. The number of aliphatic hydroxyl groups excluding tert-OH is 1. The van der Waals surface area contributed by atoms with Gasteiger partial charge in [0.05, 0.1) is 6.04 Å². The molecular weight excluding hydrogens is 322 g/mol. The van der Waals surface area contributed by atoms with Crippen molar-refractivity contribution < 1.29 is 18.3 Å². The van der Waals surface area contributed by atoms with E-state index in [2.05, 4.69) is 0 Å². The largest absolute Gasteiger partial charge is 0.416 e. The van der Waals surface area contributed by atoms with E-state index in [0.29, 0.717) is 0 Å². The lowest BCUT2D eigenvalue weighted by atomic mass is 10.0. The van der Waals surface area contributed by atoms with E-state index in [1.165, 1.54) is 12.1 Å². The minimum absolute atomic E-state index is 0.264. The average Bonchev–Trinajstić information content (AvgIpc) is 2.15. The molecule has 84 valence electrons. The van der Waals surface area contributed by atoms with Crippen LogP contribution in [0.2, 0.25) is 0 Å². The summed E-state index contributed by atoms with van der Waals surface area (Å²) in [5.41, 5.74) is 5.57. The van der Waals surface area contributed by atoms with Crippen LogP contribution in [0.15, 0.2) is 24.3 Å². The summed E-state index contributed by atoms with van der Waals surface area (Å²) in [4.78, 5) is 0. The van der Waals surface area contributed by atoms with Crippen molar-refractivity contribution in [2.75, 3.05) is 0 Å². The van der Waals surface area contributed by atoms with Crippen LogP contribution >= 0.6 is 22.6 Å². The molecule has 0 saturated heterocycles. The van der Waals surface area contributed by atoms with Crippen molar-refractivity contribution in [3.05, 3.63) is 33.4 Å². The highest BCUT2D eigenvalue weighted by molar-refractivity contribution is 14.1. The lowest BCUT2D eigenvalue weighted by Gasteiger charge is -2.21. The molecule has 0 heterocycles. The summed E-state index contributed by atoms with van der Waals surface area (Å²) < 4.78 is 37.3. The van der Waals surface area contributed by atoms with Gasteiger partial charge in [0.1, 0.15) is 0 Å². The van der Waals surface area contributed by atoms with Gasteiger partial charge in [-0.25, -0.2) is 0 Å².